The summed E-state index contributed by atoms with van der Waals surface area (Å²) >= 11 is 0. The van der Waals surface area contributed by atoms with E-state index in [1.165, 1.54) is 18.2 Å². The fourth-order valence-corrected chi connectivity index (χ4v) is 4.46. The molecule has 3 aromatic carbocycles. The number of benzene rings is 3. The van der Waals surface area contributed by atoms with Gasteiger partial charge in [-0.1, -0.05) is 12.1 Å². The molecule has 188 valence electrons. The zero-order chi connectivity index (χ0) is 25.7. The molecule has 1 aliphatic heterocycles. The van der Waals surface area contributed by atoms with Gasteiger partial charge >= 0.3 is 0 Å². The van der Waals surface area contributed by atoms with Crippen LogP contribution >= 0.6 is 0 Å². The fraction of sp³-hybridized carbons (Fsp3) is 0.296. The van der Waals surface area contributed by atoms with E-state index < -0.39 is 4.92 Å². The minimum Gasteiger partial charge on any atom is -0.497 e. The number of amides is 1. The van der Waals surface area contributed by atoms with Crippen LogP contribution < -0.4 is 18.9 Å². The van der Waals surface area contributed by atoms with E-state index in [4.69, 9.17) is 18.9 Å². The molecule has 1 unspecified atom stereocenters. The smallest absolute Gasteiger partial charge is 0.270 e. The third-order valence-corrected chi connectivity index (χ3v) is 6.30. The van der Waals surface area contributed by atoms with Crippen LogP contribution in [-0.2, 0) is 4.79 Å². The zero-order valence-corrected chi connectivity index (χ0v) is 20.4. The second-order valence-electron chi connectivity index (χ2n) is 8.31. The van der Waals surface area contributed by atoms with E-state index in [0.717, 1.165) is 18.4 Å². The van der Waals surface area contributed by atoms with Crippen molar-refractivity contribution in [3.63, 3.8) is 0 Å². The van der Waals surface area contributed by atoms with Crippen molar-refractivity contribution in [3.05, 3.63) is 76.3 Å². The van der Waals surface area contributed by atoms with E-state index in [2.05, 4.69) is 0 Å². The lowest BCUT2D eigenvalue weighted by atomic mass is 10.0. The van der Waals surface area contributed by atoms with Gasteiger partial charge in [-0.3, -0.25) is 14.9 Å². The summed E-state index contributed by atoms with van der Waals surface area (Å²) in [4.78, 5) is 26.0. The molecular formula is C27H28N2O7. The second kappa shape index (κ2) is 11.0. The van der Waals surface area contributed by atoms with Crippen molar-refractivity contribution in [2.24, 2.45) is 0 Å². The van der Waals surface area contributed by atoms with Gasteiger partial charge in [-0.05, 0) is 54.8 Å². The molecular weight excluding hydrogens is 464 g/mol. The average Bonchev–Trinajstić information content (AvgIpc) is 3.41. The van der Waals surface area contributed by atoms with E-state index in [9.17, 15) is 14.9 Å². The minimum atomic E-state index is -0.460. The summed E-state index contributed by atoms with van der Waals surface area (Å²) in [6.07, 6.45) is 1.65. The van der Waals surface area contributed by atoms with Crippen molar-refractivity contribution in [3.8, 4) is 34.1 Å². The maximum Gasteiger partial charge on any atom is 0.270 e. The number of rotatable bonds is 9. The van der Waals surface area contributed by atoms with Crippen molar-refractivity contribution in [2.45, 2.75) is 18.9 Å². The maximum absolute atomic E-state index is 13.3. The van der Waals surface area contributed by atoms with E-state index >= 15 is 0 Å². The van der Waals surface area contributed by atoms with Crippen LogP contribution in [0.2, 0.25) is 0 Å². The summed E-state index contributed by atoms with van der Waals surface area (Å²) in [6.45, 7) is 0.391. The minimum absolute atomic E-state index is 0.0655. The van der Waals surface area contributed by atoms with Gasteiger partial charge in [0, 0.05) is 29.8 Å². The largest absolute Gasteiger partial charge is 0.497 e. The average molecular weight is 493 g/mol. The molecule has 0 aliphatic carbocycles. The normalized spacial score (nSPS) is 14.9. The molecule has 1 heterocycles. The van der Waals surface area contributed by atoms with Crippen LogP contribution in [0, 0.1) is 10.1 Å². The Hall–Kier alpha value is -4.27. The van der Waals surface area contributed by atoms with Crippen LogP contribution in [0.1, 0.15) is 24.4 Å². The standard InChI is InChI=1S/C27H28N2O7/c1-33-20-9-6-18(7-10-20)22-15-19(29(31)32)8-12-26(22)36-17-27(30)28-14-4-5-24(28)23-16-21(34-2)11-13-25(23)35-3/h6-13,15-16,24H,4-5,14,17H2,1-3H3. The predicted octanol–water partition coefficient (Wildman–Crippen LogP) is 5.03. The molecule has 0 aromatic heterocycles. The zero-order valence-electron chi connectivity index (χ0n) is 20.4. The molecule has 0 bridgehead atoms. The van der Waals surface area contributed by atoms with Crippen molar-refractivity contribution < 1.29 is 28.7 Å². The third kappa shape index (κ3) is 5.19. The molecule has 9 nitrogen and oxygen atoms in total. The van der Waals surface area contributed by atoms with Crippen molar-refractivity contribution in [1.82, 2.24) is 4.90 Å². The molecule has 0 spiro atoms. The quantitative estimate of drug-likeness (QED) is 0.305. The van der Waals surface area contributed by atoms with Gasteiger partial charge in [-0.25, -0.2) is 0 Å². The van der Waals surface area contributed by atoms with Gasteiger partial charge in [-0.2, -0.15) is 0 Å². The number of nitro benzene ring substituents is 1. The molecule has 1 atom stereocenters. The van der Waals surface area contributed by atoms with E-state index in [1.807, 2.05) is 18.2 Å². The molecule has 3 aromatic rings. The van der Waals surface area contributed by atoms with Crippen LogP contribution in [0.4, 0.5) is 5.69 Å². The van der Waals surface area contributed by atoms with E-state index in [1.54, 1.807) is 50.5 Å². The Morgan fingerprint density at radius 3 is 2.31 bits per heavy atom. The Morgan fingerprint density at radius 1 is 0.944 bits per heavy atom. The lowest BCUT2D eigenvalue weighted by Gasteiger charge is -2.27. The number of non-ortho nitro benzene ring substituents is 1. The summed E-state index contributed by atoms with van der Waals surface area (Å²) < 4.78 is 22.1. The van der Waals surface area contributed by atoms with Gasteiger partial charge in [0.05, 0.1) is 32.3 Å². The molecule has 4 rings (SSSR count). The SMILES string of the molecule is COc1ccc(-c2cc([N+](=O)[O-])ccc2OCC(=O)N2CCCC2c2cc(OC)ccc2OC)cc1. The van der Waals surface area contributed by atoms with Crippen LogP contribution in [0.3, 0.4) is 0 Å². The summed E-state index contributed by atoms with van der Waals surface area (Å²) in [7, 11) is 4.77. The summed E-state index contributed by atoms with van der Waals surface area (Å²) in [5.74, 6) is 2.25. The Morgan fingerprint density at radius 2 is 1.64 bits per heavy atom. The Kier molecular flexibility index (Phi) is 7.58. The van der Waals surface area contributed by atoms with Crippen molar-refractivity contribution in [2.75, 3.05) is 34.5 Å². The topological polar surface area (TPSA) is 100 Å². The predicted molar refractivity (Wildman–Crippen MR) is 134 cm³/mol. The van der Waals surface area contributed by atoms with Crippen LogP contribution in [0.5, 0.6) is 23.0 Å². The van der Waals surface area contributed by atoms with Crippen molar-refractivity contribution in [1.29, 1.82) is 0 Å². The van der Waals surface area contributed by atoms with Crippen LogP contribution in [-0.4, -0.2) is 50.2 Å². The number of hydrogen-bond acceptors (Lipinski definition) is 7. The Labute approximate surface area is 209 Å². The molecule has 0 saturated carbocycles. The second-order valence-corrected chi connectivity index (χ2v) is 8.31. The highest BCUT2D eigenvalue weighted by Gasteiger charge is 2.32. The maximum atomic E-state index is 13.3. The number of nitrogens with zero attached hydrogens (tertiary/aromatic N) is 2. The summed E-state index contributed by atoms with van der Waals surface area (Å²) in [5.41, 5.74) is 2.05. The Bertz CT molecular complexity index is 1240. The van der Waals surface area contributed by atoms with Gasteiger partial charge in [-0.15, -0.1) is 0 Å². The lowest BCUT2D eigenvalue weighted by Crippen LogP contribution is -2.34. The first kappa shape index (κ1) is 24.8. The first-order chi connectivity index (χ1) is 17.4. The van der Waals surface area contributed by atoms with Crippen molar-refractivity contribution >= 4 is 11.6 Å². The molecule has 1 aliphatic rings. The first-order valence-corrected chi connectivity index (χ1v) is 11.5. The number of ether oxygens (including phenoxy) is 4. The lowest BCUT2D eigenvalue weighted by molar-refractivity contribution is -0.384. The molecule has 1 amide bonds. The highest BCUT2D eigenvalue weighted by molar-refractivity contribution is 5.80. The molecule has 1 fully saturated rings. The van der Waals surface area contributed by atoms with E-state index in [0.29, 0.717) is 40.7 Å². The first-order valence-electron chi connectivity index (χ1n) is 11.5. The van der Waals surface area contributed by atoms with Gasteiger partial charge in [0.1, 0.15) is 23.0 Å². The number of carbonyl (C=O) groups excluding carboxylic acids is 1. The summed E-state index contributed by atoms with van der Waals surface area (Å²) in [5, 5.41) is 11.4. The number of nitro groups is 1. The monoisotopic (exact) mass is 492 g/mol. The molecule has 0 radical (unpaired) electrons. The molecule has 36 heavy (non-hydrogen) atoms. The van der Waals surface area contributed by atoms with Gasteiger partial charge in [0.15, 0.2) is 6.61 Å². The number of hydrogen-bond donors (Lipinski definition) is 0. The molecule has 0 N–H and O–H groups in total. The van der Waals surface area contributed by atoms with Gasteiger partial charge < -0.3 is 23.8 Å². The third-order valence-electron chi connectivity index (χ3n) is 6.30. The number of methoxy groups -OCH3 is 3. The van der Waals surface area contributed by atoms with E-state index in [-0.39, 0.29) is 24.2 Å². The number of likely N-dealkylation sites (tertiary alicyclic amines) is 1. The highest BCUT2D eigenvalue weighted by Crippen LogP contribution is 2.39. The van der Waals surface area contributed by atoms with Crippen LogP contribution in [0.15, 0.2) is 60.7 Å². The number of carbonyl (C=O) groups is 1. The van der Waals surface area contributed by atoms with Gasteiger partial charge in [0.2, 0.25) is 0 Å². The van der Waals surface area contributed by atoms with Gasteiger partial charge in [0.25, 0.3) is 11.6 Å². The Balaban J connectivity index is 1.56. The van der Waals surface area contributed by atoms with Crippen LogP contribution in [0.25, 0.3) is 11.1 Å². The highest BCUT2D eigenvalue weighted by atomic mass is 16.6. The fourth-order valence-electron chi connectivity index (χ4n) is 4.46. The molecule has 9 heteroatoms. The molecule has 1 saturated heterocycles. The summed E-state index contributed by atoms with van der Waals surface area (Å²) in [6, 6.07) is 16.8.